The van der Waals surface area contributed by atoms with Crippen LogP contribution in [0.4, 0.5) is 0 Å². The van der Waals surface area contributed by atoms with Gasteiger partial charge in [-0.3, -0.25) is 4.99 Å². The number of aromatic nitrogens is 1. The van der Waals surface area contributed by atoms with Crippen molar-refractivity contribution in [3.8, 4) is 5.75 Å². The molecule has 6 nitrogen and oxygen atoms in total. The number of hydrogen-bond acceptors (Lipinski definition) is 4. The molecule has 1 aromatic heterocycles. The summed E-state index contributed by atoms with van der Waals surface area (Å²) in [6.45, 7) is 6.85. The molecule has 1 heterocycles. The van der Waals surface area contributed by atoms with E-state index >= 15 is 0 Å². The van der Waals surface area contributed by atoms with Gasteiger partial charge in [-0.2, -0.15) is 0 Å². The number of aliphatic imine (C=N–C) groups is 1. The van der Waals surface area contributed by atoms with Crippen molar-refractivity contribution in [2.45, 2.75) is 33.4 Å². The maximum Gasteiger partial charge on any atom is 0.214 e. The van der Waals surface area contributed by atoms with Gasteiger partial charge in [-0.15, -0.1) is 24.0 Å². The first-order valence-corrected chi connectivity index (χ1v) is 8.15. The smallest absolute Gasteiger partial charge is 0.214 e. The number of halogens is 2. The highest BCUT2D eigenvalue weighted by atomic mass is 127. The number of nitrogens with zero attached hydrogens (tertiary/aromatic N) is 2. The van der Waals surface area contributed by atoms with Gasteiger partial charge < -0.3 is 19.8 Å². The molecule has 2 N–H and O–H groups in total. The molecule has 1 atom stereocenters. The molecular weight excluding hydrogens is 455 g/mol. The first kappa shape index (κ1) is 21.6. The molecule has 0 saturated heterocycles. The molecule has 8 heteroatoms. The van der Waals surface area contributed by atoms with Gasteiger partial charge in [0.1, 0.15) is 17.6 Å². The third-order valence-corrected chi connectivity index (χ3v) is 3.63. The lowest BCUT2D eigenvalue weighted by Crippen LogP contribution is -2.41. The van der Waals surface area contributed by atoms with Gasteiger partial charge >= 0.3 is 0 Å². The van der Waals surface area contributed by atoms with Crippen molar-refractivity contribution in [1.29, 1.82) is 0 Å². The SMILES string of the molecule is CN=C(NCc1nc(C)c(C)o1)NCC(C)Oc1cccc(Cl)c1.I. The van der Waals surface area contributed by atoms with Gasteiger partial charge in [0.25, 0.3) is 0 Å². The maximum atomic E-state index is 5.95. The molecule has 2 rings (SSSR count). The summed E-state index contributed by atoms with van der Waals surface area (Å²) in [6.07, 6.45) is -0.0479. The number of aryl methyl sites for hydroxylation is 2. The molecule has 0 fully saturated rings. The fraction of sp³-hybridized carbons (Fsp3) is 0.412. The summed E-state index contributed by atoms with van der Waals surface area (Å²) in [4.78, 5) is 8.50. The van der Waals surface area contributed by atoms with Gasteiger partial charge in [-0.05, 0) is 39.0 Å². The highest BCUT2D eigenvalue weighted by Gasteiger charge is 2.08. The molecule has 0 saturated carbocycles. The van der Waals surface area contributed by atoms with Crippen LogP contribution in [-0.2, 0) is 6.54 Å². The lowest BCUT2D eigenvalue weighted by molar-refractivity contribution is 0.224. The van der Waals surface area contributed by atoms with Crippen LogP contribution in [0.2, 0.25) is 5.02 Å². The fourth-order valence-electron chi connectivity index (χ4n) is 2.05. The molecule has 0 aliphatic rings. The second-order valence-electron chi connectivity index (χ2n) is 5.44. The Morgan fingerprint density at radius 1 is 1.36 bits per heavy atom. The predicted molar refractivity (Wildman–Crippen MR) is 111 cm³/mol. The zero-order chi connectivity index (χ0) is 17.5. The van der Waals surface area contributed by atoms with E-state index in [2.05, 4.69) is 20.6 Å². The predicted octanol–water partition coefficient (Wildman–Crippen LogP) is 3.70. The number of nitrogens with one attached hydrogen (secondary N) is 2. The molecule has 0 bridgehead atoms. The normalized spacial score (nSPS) is 12.3. The molecule has 138 valence electrons. The molecule has 1 unspecified atom stereocenters. The number of guanidine groups is 1. The van der Waals surface area contributed by atoms with Gasteiger partial charge in [0.05, 0.1) is 18.8 Å². The van der Waals surface area contributed by atoms with Crippen LogP contribution in [0.5, 0.6) is 5.75 Å². The molecular formula is C17H24ClIN4O2. The Hall–Kier alpha value is -1.48. The van der Waals surface area contributed by atoms with Crippen LogP contribution in [-0.4, -0.2) is 30.6 Å². The number of rotatable bonds is 6. The van der Waals surface area contributed by atoms with Crippen molar-refractivity contribution in [2.75, 3.05) is 13.6 Å². The number of oxazole rings is 1. The van der Waals surface area contributed by atoms with Crippen LogP contribution in [0.1, 0.15) is 24.3 Å². The van der Waals surface area contributed by atoms with Gasteiger partial charge in [-0.1, -0.05) is 17.7 Å². The van der Waals surface area contributed by atoms with E-state index in [0.29, 0.717) is 30.0 Å². The lowest BCUT2D eigenvalue weighted by Gasteiger charge is -2.17. The second kappa shape index (κ2) is 10.5. The summed E-state index contributed by atoms with van der Waals surface area (Å²) in [5.74, 6) is 2.87. The fourth-order valence-corrected chi connectivity index (χ4v) is 2.23. The largest absolute Gasteiger partial charge is 0.489 e. The molecule has 0 aliphatic heterocycles. The summed E-state index contributed by atoms with van der Waals surface area (Å²) in [6, 6.07) is 7.34. The Bertz CT molecular complexity index is 686. The Labute approximate surface area is 170 Å². The minimum atomic E-state index is -0.0479. The lowest BCUT2D eigenvalue weighted by atomic mass is 10.3. The van der Waals surface area contributed by atoms with Gasteiger partial charge in [0.15, 0.2) is 5.96 Å². The summed E-state index contributed by atoms with van der Waals surface area (Å²) in [5.41, 5.74) is 0.901. The summed E-state index contributed by atoms with van der Waals surface area (Å²) >= 11 is 5.95. The molecule has 0 radical (unpaired) electrons. The van der Waals surface area contributed by atoms with E-state index in [1.54, 1.807) is 13.1 Å². The van der Waals surface area contributed by atoms with Crippen molar-refractivity contribution >= 4 is 41.5 Å². The van der Waals surface area contributed by atoms with E-state index < -0.39 is 0 Å². The Balaban J connectivity index is 0.00000312. The van der Waals surface area contributed by atoms with Crippen LogP contribution in [0.3, 0.4) is 0 Å². The standard InChI is InChI=1S/C17H23ClN4O2.HI/c1-11(23-15-7-5-6-14(18)8-15)9-20-17(19-4)21-10-16-22-12(2)13(3)24-16;/h5-8,11H,9-10H2,1-4H3,(H2,19,20,21);1H. The first-order chi connectivity index (χ1) is 11.5. The van der Waals surface area contributed by atoms with Crippen LogP contribution in [0.25, 0.3) is 0 Å². The molecule has 0 amide bonds. The average Bonchev–Trinajstić information content (AvgIpc) is 2.86. The van der Waals surface area contributed by atoms with Crippen molar-refractivity contribution in [1.82, 2.24) is 15.6 Å². The van der Waals surface area contributed by atoms with Crippen LogP contribution in [0.15, 0.2) is 33.7 Å². The second-order valence-corrected chi connectivity index (χ2v) is 5.88. The van der Waals surface area contributed by atoms with Crippen molar-refractivity contribution in [3.05, 3.63) is 46.6 Å². The quantitative estimate of drug-likeness (QED) is 0.376. The molecule has 1 aromatic carbocycles. The third-order valence-electron chi connectivity index (χ3n) is 3.39. The van der Waals surface area contributed by atoms with E-state index in [1.165, 1.54) is 0 Å². The van der Waals surface area contributed by atoms with E-state index in [9.17, 15) is 0 Å². The van der Waals surface area contributed by atoms with Crippen LogP contribution in [0, 0.1) is 13.8 Å². The summed E-state index contributed by atoms with van der Waals surface area (Å²) < 4.78 is 11.3. The zero-order valence-corrected chi connectivity index (χ0v) is 17.9. The van der Waals surface area contributed by atoms with Gasteiger partial charge in [0.2, 0.25) is 5.89 Å². The van der Waals surface area contributed by atoms with Gasteiger partial charge in [-0.25, -0.2) is 4.98 Å². The van der Waals surface area contributed by atoms with Gasteiger partial charge in [0, 0.05) is 12.1 Å². The topological polar surface area (TPSA) is 71.7 Å². The van der Waals surface area contributed by atoms with Crippen LogP contribution < -0.4 is 15.4 Å². The van der Waals surface area contributed by atoms with Crippen molar-refractivity contribution in [2.24, 2.45) is 4.99 Å². The van der Waals surface area contributed by atoms with Crippen molar-refractivity contribution < 1.29 is 9.15 Å². The minimum absolute atomic E-state index is 0. The highest BCUT2D eigenvalue weighted by Crippen LogP contribution is 2.18. The average molecular weight is 479 g/mol. The molecule has 0 spiro atoms. The summed E-state index contributed by atoms with van der Waals surface area (Å²) in [7, 11) is 1.71. The monoisotopic (exact) mass is 478 g/mol. The molecule has 25 heavy (non-hydrogen) atoms. The van der Waals surface area contributed by atoms with E-state index in [0.717, 1.165) is 17.2 Å². The highest BCUT2D eigenvalue weighted by molar-refractivity contribution is 14.0. The minimum Gasteiger partial charge on any atom is -0.489 e. The number of benzene rings is 1. The van der Waals surface area contributed by atoms with Crippen molar-refractivity contribution in [3.63, 3.8) is 0 Å². The zero-order valence-electron chi connectivity index (χ0n) is 14.8. The van der Waals surface area contributed by atoms with Crippen LogP contribution >= 0.6 is 35.6 Å². The Morgan fingerprint density at radius 3 is 2.72 bits per heavy atom. The van der Waals surface area contributed by atoms with E-state index in [4.69, 9.17) is 20.8 Å². The van der Waals surface area contributed by atoms with E-state index in [1.807, 2.05) is 39.0 Å². The Morgan fingerprint density at radius 2 is 2.12 bits per heavy atom. The Kier molecular flexibility index (Phi) is 9.05. The van der Waals surface area contributed by atoms with E-state index in [-0.39, 0.29) is 30.1 Å². The number of hydrogen-bond donors (Lipinski definition) is 2. The maximum absolute atomic E-state index is 5.95. The molecule has 0 aliphatic carbocycles. The third kappa shape index (κ3) is 7.11. The molecule has 2 aromatic rings. The first-order valence-electron chi connectivity index (χ1n) is 7.77. The number of ether oxygens (including phenoxy) is 1. The summed E-state index contributed by atoms with van der Waals surface area (Å²) in [5, 5.41) is 7.02.